The fourth-order valence-electron chi connectivity index (χ4n) is 2.20. The van der Waals surface area contributed by atoms with Gasteiger partial charge in [0.25, 0.3) is 0 Å². The average Bonchev–Trinajstić information content (AvgIpc) is 3.26. The SMILES string of the molecule is CNc1nc(-c2cccc(C3CC3)c2)nc(C)c1F. The molecule has 1 aromatic heterocycles. The van der Waals surface area contributed by atoms with E-state index in [0.717, 1.165) is 5.56 Å². The van der Waals surface area contributed by atoms with Crippen molar-refractivity contribution in [3.63, 3.8) is 0 Å². The topological polar surface area (TPSA) is 37.8 Å². The fraction of sp³-hybridized carbons (Fsp3) is 0.333. The van der Waals surface area contributed by atoms with E-state index >= 15 is 0 Å². The van der Waals surface area contributed by atoms with Crippen LogP contribution in [0, 0.1) is 12.7 Å². The van der Waals surface area contributed by atoms with Crippen molar-refractivity contribution in [2.24, 2.45) is 0 Å². The lowest BCUT2D eigenvalue weighted by Crippen LogP contribution is -2.03. The van der Waals surface area contributed by atoms with Gasteiger partial charge < -0.3 is 5.32 Å². The molecule has 19 heavy (non-hydrogen) atoms. The van der Waals surface area contributed by atoms with E-state index in [0.29, 0.717) is 17.4 Å². The van der Waals surface area contributed by atoms with Crippen LogP contribution in [-0.2, 0) is 0 Å². The summed E-state index contributed by atoms with van der Waals surface area (Å²) in [6, 6.07) is 8.24. The lowest BCUT2D eigenvalue weighted by atomic mass is 10.1. The predicted octanol–water partition coefficient (Wildman–Crippen LogP) is 3.51. The van der Waals surface area contributed by atoms with Gasteiger partial charge in [0.2, 0.25) is 0 Å². The maximum atomic E-state index is 13.7. The molecule has 3 nitrogen and oxygen atoms in total. The number of nitrogens with one attached hydrogen (secondary N) is 1. The van der Waals surface area contributed by atoms with Crippen LogP contribution in [0.1, 0.15) is 30.0 Å². The van der Waals surface area contributed by atoms with E-state index in [9.17, 15) is 4.39 Å². The monoisotopic (exact) mass is 257 g/mol. The summed E-state index contributed by atoms with van der Waals surface area (Å²) in [6.07, 6.45) is 2.52. The lowest BCUT2D eigenvalue weighted by molar-refractivity contribution is 0.607. The van der Waals surface area contributed by atoms with Gasteiger partial charge in [-0.2, -0.15) is 0 Å². The van der Waals surface area contributed by atoms with Crippen LogP contribution in [0.2, 0.25) is 0 Å². The molecule has 1 saturated carbocycles. The maximum Gasteiger partial charge on any atom is 0.186 e. The van der Waals surface area contributed by atoms with Gasteiger partial charge in [-0.15, -0.1) is 0 Å². The molecule has 1 fully saturated rings. The molecule has 0 bridgehead atoms. The summed E-state index contributed by atoms with van der Waals surface area (Å²) in [6.45, 7) is 1.66. The summed E-state index contributed by atoms with van der Waals surface area (Å²) in [7, 11) is 1.66. The Bertz CT molecular complexity index is 621. The number of aryl methyl sites for hydroxylation is 1. The lowest BCUT2D eigenvalue weighted by Gasteiger charge is -2.08. The number of aromatic nitrogens is 2. The zero-order valence-corrected chi connectivity index (χ0v) is 11.1. The van der Waals surface area contributed by atoms with Gasteiger partial charge in [-0.05, 0) is 37.3 Å². The highest BCUT2D eigenvalue weighted by molar-refractivity contribution is 5.59. The van der Waals surface area contributed by atoms with Gasteiger partial charge >= 0.3 is 0 Å². The molecule has 0 spiro atoms. The largest absolute Gasteiger partial charge is 0.371 e. The van der Waals surface area contributed by atoms with Crippen LogP contribution in [0.25, 0.3) is 11.4 Å². The third kappa shape index (κ3) is 2.30. The third-order valence-corrected chi connectivity index (χ3v) is 3.45. The van der Waals surface area contributed by atoms with E-state index in [2.05, 4.69) is 27.4 Å². The van der Waals surface area contributed by atoms with E-state index in [-0.39, 0.29) is 11.6 Å². The Morgan fingerprint density at radius 3 is 2.74 bits per heavy atom. The van der Waals surface area contributed by atoms with E-state index in [1.54, 1.807) is 14.0 Å². The number of hydrogen-bond donors (Lipinski definition) is 1. The van der Waals surface area contributed by atoms with E-state index < -0.39 is 0 Å². The average molecular weight is 257 g/mol. The maximum absolute atomic E-state index is 13.7. The minimum absolute atomic E-state index is 0.249. The summed E-state index contributed by atoms with van der Waals surface area (Å²) in [4.78, 5) is 8.49. The van der Waals surface area contributed by atoms with Crippen molar-refractivity contribution in [3.05, 3.63) is 41.3 Å². The third-order valence-electron chi connectivity index (χ3n) is 3.45. The second-order valence-electron chi connectivity index (χ2n) is 4.94. The minimum Gasteiger partial charge on any atom is -0.371 e. The van der Waals surface area contributed by atoms with Crippen LogP contribution in [0.4, 0.5) is 10.2 Å². The number of anilines is 1. The van der Waals surface area contributed by atoms with Crippen molar-refractivity contribution >= 4 is 5.82 Å². The van der Waals surface area contributed by atoms with Gasteiger partial charge in [0.15, 0.2) is 17.5 Å². The van der Waals surface area contributed by atoms with Gasteiger partial charge in [0.1, 0.15) is 0 Å². The first-order valence-corrected chi connectivity index (χ1v) is 6.51. The minimum atomic E-state index is -0.385. The molecule has 0 atom stereocenters. The molecule has 0 unspecified atom stereocenters. The number of nitrogens with zero attached hydrogens (tertiary/aromatic N) is 2. The predicted molar refractivity (Wildman–Crippen MR) is 73.7 cm³/mol. The van der Waals surface area contributed by atoms with Crippen LogP contribution >= 0.6 is 0 Å². The molecule has 0 saturated heterocycles. The summed E-state index contributed by atoms with van der Waals surface area (Å²) in [5, 5.41) is 2.77. The normalized spacial score (nSPS) is 14.5. The zero-order valence-electron chi connectivity index (χ0n) is 11.1. The summed E-state index contributed by atoms with van der Waals surface area (Å²) >= 11 is 0. The first kappa shape index (κ1) is 12.1. The molecule has 4 heteroatoms. The van der Waals surface area contributed by atoms with Crippen molar-refractivity contribution < 1.29 is 4.39 Å². The van der Waals surface area contributed by atoms with Crippen LogP contribution < -0.4 is 5.32 Å². The second kappa shape index (κ2) is 4.61. The summed E-state index contributed by atoms with van der Waals surface area (Å²) in [5.41, 5.74) is 2.64. The second-order valence-corrected chi connectivity index (χ2v) is 4.94. The molecule has 0 amide bonds. The first-order valence-electron chi connectivity index (χ1n) is 6.51. The van der Waals surface area contributed by atoms with Crippen LogP contribution in [0.3, 0.4) is 0 Å². The zero-order chi connectivity index (χ0) is 13.4. The Balaban J connectivity index is 2.05. The smallest absolute Gasteiger partial charge is 0.186 e. The number of hydrogen-bond acceptors (Lipinski definition) is 3. The molecule has 0 radical (unpaired) electrons. The number of halogens is 1. The van der Waals surface area contributed by atoms with Gasteiger partial charge in [-0.1, -0.05) is 18.2 Å². The van der Waals surface area contributed by atoms with Crippen molar-refractivity contribution in [2.75, 3.05) is 12.4 Å². The quantitative estimate of drug-likeness (QED) is 0.914. The van der Waals surface area contributed by atoms with Crippen molar-refractivity contribution in [1.29, 1.82) is 0 Å². The highest BCUT2D eigenvalue weighted by atomic mass is 19.1. The Kier molecular flexibility index (Phi) is 2.93. The van der Waals surface area contributed by atoms with Gasteiger partial charge in [0.05, 0.1) is 5.69 Å². The Hall–Kier alpha value is -1.97. The van der Waals surface area contributed by atoms with Crippen molar-refractivity contribution in [3.8, 4) is 11.4 Å². The first-order chi connectivity index (χ1) is 9.19. The molecule has 1 N–H and O–H groups in total. The standard InChI is InChI=1S/C15H16FN3/c1-9-13(16)15(17-2)19-14(18-9)12-5-3-4-11(8-12)10-6-7-10/h3-5,8,10H,6-7H2,1-2H3,(H,17,18,19). The summed E-state index contributed by atoms with van der Waals surface area (Å²) < 4.78 is 13.7. The number of benzene rings is 1. The molecule has 1 aliphatic rings. The Morgan fingerprint density at radius 1 is 1.26 bits per heavy atom. The highest BCUT2D eigenvalue weighted by Crippen LogP contribution is 2.40. The van der Waals surface area contributed by atoms with Crippen molar-refractivity contribution in [2.45, 2.75) is 25.7 Å². The number of rotatable bonds is 3. The molecule has 0 aliphatic heterocycles. The molecule has 2 aromatic rings. The molecule has 98 valence electrons. The molecular weight excluding hydrogens is 241 g/mol. The van der Waals surface area contributed by atoms with Crippen LogP contribution in [-0.4, -0.2) is 17.0 Å². The molecule has 1 aliphatic carbocycles. The fourth-order valence-corrected chi connectivity index (χ4v) is 2.20. The molecule has 1 aromatic carbocycles. The van der Waals surface area contributed by atoms with Crippen molar-refractivity contribution in [1.82, 2.24) is 9.97 Å². The van der Waals surface area contributed by atoms with E-state index in [4.69, 9.17) is 0 Å². The Labute approximate surface area is 111 Å². The van der Waals surface area contributed by atoms with E-state index in [1.165, 1.54) is 18.4 Å². The van der Waals surface area contributed by atoms with Crippen LogP contribution in [0.15, 0.2) is 24.3 Å². The molecule has 1 heterocycles. The van der Waals surface area contributed by atoms with Gasteiger partial charge in [-0.25, -0.2) is 14.4 Å². The highest BCUT2D eigenvalue weighted by Gasteiger charge is 2.23. The van der Waals surface area contributed by atoms with Crippen LogP contribution in [0.5, 0.6) is 0 Å². The molecule has 3 rings (SSSR count). The van der Waals surface area contributed by atoms with Gasteiger partial charge in [-0.3, -0.25) is 0 Å². The molecular formula is C15H16FN3. The van der Waals surface area contributed by atoms with Gasteiger partial charge in [0, 0.05) is 12.6 Å². The summed E-state index contributed by atoms with van der Waals surface area (Å²) in [5.74, 6) is 1.12. The Morgan fingerprint density at radius 2 is 2.05 bits per heavy atom. The van der Waals surface area contributed by atoms with E-state index in [1.807, 2.05) is 12.1 Å².